The predicted octanol–water partition coefficient (Wildman–Crippen LogP) is 1.24. The fourth-order valence-electron chi connectivity index (χ4n) is 3.17. The Morgan fingerprint density at radius 3 is 2.32 bits per heavy atom. The first kappa shape index (κ1) is 17.0. The van der Waals surface area contributed by atoms with Gasteiger partial charge >= 0.3 is 0 Å². The van der Waals surface area contributed by atoms with Crippen molar-refractivity contribution in [3.05, 3.63) is 65.7 Å². The molecule has 1 saturated heterocycles. The number of nitrogens with one attached hydrogen (secondary N) is 1. The molecule has 128 valence electrons. The molecule has 5 nitrogen and oxygen atoms in total. The highest BCUT2D eigenvalue weighted by Gasteiger charge is 2.44. The van der Waals surface area contributed by atoms with Crippen LogP contribution in [0.15, 0.2) is 54.6 Å². The maximum atomic E-state index is 12.8. The number of rotatable bonds is 5. The summed E-state index contributed by atoms with van der Waals surface area (Å²) in [6, 6.07) is 16.1. The van der Waals surface area contributed by atoms with E-state index in [4.69, 9.17) is 0 Å². The van der Waals surface area contributed by atoms with E-state index in [1.165, 1.54) is 11.8 Å². The number of hydrogen-bond donors (Lipinski definition) is 1. The number of likely N-dealkylation sites (N-methyl/N-ethyl adjacent to an activating group) is 1. The number of Topliss-reactive ketones (excluding diaryl/α,β-unsaturated/α-hetero) is 1. The quantitative estimate of drug-likeness (QED) is 0.660. The van der Waals surface area contributed by atoms with Gasteiger partial charge in [0.05, 0.1) is 19.2 Å². The van der Waals surface area contributed by atoms with Crippen molar-refractivity contribution in [1.82, 2.24) is 0 Å². The Hall–Kier alpha value is -2.79. The van der Waals surface area contributed by atoms with Crippen LogP contribution in [0.4, 0.5) is 5.69 Å². The molecule has 0 saturated carbocycles. The van der Waals surface area contributed by atoms with Crippen LogP contribution >= 0.6 is 0 Å². The molecule has 5 heteroatoms. The molecule has 3 rings (SSSR count). The lowest BCUT2D eigenvalue weighted by Crippen LogP contribution is -3.12. The van der Waals surface area contributed by atoms with Gasteiger partial charge in [-0.2, -0.15) is 0 Å². The SMILES string of the molecule is CC(=O)c1ccc(N2C(=O)C[C@@H]([NH+](C)Cc3ccccc3)C2=O)cc1. The van der Waals surface area contributed by atoms with Crippen molar-refractivity contribution in [2.24, 2.45) is 0 Å². The number of hydrogen-bond acceptors (Lipinski definition) is 3. The van der Waals surface area contributed by atoms with Gasteiger partial charge in [0.25, 0.3) is 5.91 Å². The minimum Gasteiger partial charge on any atom is -0.323 e. The van der Waals surface area contributed by atoms with Crippen LogP contribution in [0, 0.1) is 0 Å². The summed E-state index contributed by atoms with van der Waals surface area (Å²) in [7, 11) is 1.94. The number of carbonyl (C=O) groups is 3. The lowest BCUT2D eigenvalue weighted by molar-refractivity contribution is -0.908. The topological polar surface area (TPSA) is 58.9 Å². The Labute approximate surface area is 146 Å². The van der Waals surface area contributed by atoms with Gasteiger partial charge in [-0.3, -0.25) is 14.4 Å². The van der Waals surface area contributed by atoms with Crippen LogP contribution in [0.3, 0.4) is 0 Å². The van der Waals surface area contributed by atoms with E-state index in [1.807, 2.05) is 37.4 Å². The molecule has 0 bridgehead atoms. The molecule has 1 fully saturated rings. The van der Waals surface area contributed by atoms with Gasteiger partial charge in [0, 0.05) is 11.1 Å². The number of carbonyl (C=O) groups excluding carboxylic acids is 3. The highest BCUT2D eigenvalue weighted by atomic mass is 16.2. The summed E-state index contributed by atoms with van der Waals surface area (Å²) >= 11 is 0. The minimum atomic E-state index is -0.389. The first-order valence-electron chi connectivity index (χ1n) is 8.31. The molecule has 1 aliphatic heterocycles. The molecule has 0 aliphatic carbocycles. The average Bonchev–Trinajstić information content (AvgIpc) is 2.90. The highest BCUT2D eigenvalue weighted by Crippen LogP contribution is 2.22. The number of quaternary nitrogens is 1. The molecule has 1 aliphatic rings. The molecule has 0 radical (unpaired) electrons. The summed E-state index contributed by atoms with van der Waals surface area (Å²) in [4.78, 5) is 38.8. The Balaban J connectivity index is 1.76. The number of amides is 2. The van der Waals surface area contributed by atoms with Crippen molar-refractivity contribution in [3.8, 4) is 0 Å². The summed E-state index contributed by atoms with van der Waals surface area (Å²) in [6.07, 6.45) is 0.200. The van der Waals surface area contributed by atoms with Crippen molar-refractivity contribution >= 4 is 23.3 Å². The second kappa shape index (κ2) is 6.99. The number of anilines is 1. The largest absolute Gasteiger partial charge is 0.323 e. The van der Waals surface area contributed by atoms with Crippen molar-refractivity contribution in [3.63, 3.8) is 0 Å². The van der Waals surface area contributed by atoms with Crippen LogP contribution in [-0.4, -0.2) is 30.7 Å². The molecule has 0 spiro atoms. The maximum Gasteiger partial charge on any atom is 0.292 e. The van der Waals surface area contributed by atoms with Gasteiger partial charge in [0.15, 0.2) is 11.8 Å². The standard InChI is InChI=1S/C20H20N2O3/c1-14(23)16-8-10-17(11-9-16)22-19(24)12-18(20(22)25)21(2)13-15-6-4-3-5-7-15/h3-11,18H,12-13H2,1-2H3/p+1/t18-/m1/s1. The predicted molar refractivity (Wildman–Crippen MR) is 94.4 cm³/mol. The van der Waals surface area contributed by atoms with Crippen LogP contribution in [0.5, 0.6) is 0 Å². The molecular weight excluding hydrogens is 316 g/mol. The molecule has 1 N–H and O–H groups in total. The molecule has 25 heavy (non-hydrogen) atoms. The lowest BCUT2D eigenvalue weighted by atomic mass is 10.1. The molecule has 1 unspecified atom stereocenters. The molecule has 2 atom stereocenters. The fourth-order valence-corrected chi connectivity index (χ4v) is 3.17. The smallest absolute Gasteiger partial charge is 0.292 e. The van der Waals surface area contributed by atoms with E-state index in [0.29, 0.717) is 17.8 Å². The Kier molecular flexibility index (Phi) is 4.76. The van der Waals surface area contributed by atoms with Crippen LogP contribution in [0.1, 0.15) is 29.3 Å². The van der Waals surface area contributed by atoms with Gasteiger partial charge in [0.1, 0.15) is 6.54 Å². The minimum absolute atomic E-state index is 0.0458. The third-order valence-corrected chi connectivity index (χ3v) is 4.60. The van der Waals surface area contributed by atoms with Crippen LogP contribution < -0.4 is 9.80 Å². The van der Waals surface area contributed by atoms with Gasteiger partial charge < -0.3 is 4.90 Å². The molecule has 1 heterocycles. The van der Waals surface area contributed by atoms with Crippen LogP contribution in [0.25, 0.3) is 0 Å². The van der Waals surface area contributed by atoms with Crippen molar-refractivity contribution in [2.45, 2.75) is 25.9 Å². The van der Waals surface area contributed by atoms with Gasteiger partial charge in [-0.1, -0.05) is 30.3 Å². The lowest BCUT2D eigenvalue weighted by Gasteiger charge is -2.20. The summed E-state index contributed by atoms with van der Waals surface area (Å²) in [5.74, 6) is -0.428. The van der Waals surface area contributed by atoms with Crippen molar-refractivity contribution < 1.29 is 19.3 Å². The second-order valence-corrected chi connectivity index (χ2v) is 6.44. The highest BCUT2D eigenvalue weighted by molar-refractivity contribution is 6.22. The third-order valence-electron chi connectivity index (χ3n) is 4.60. The van der Waals surface area contributed by atoms with E-state index in [1.54, 1.807) is 24.3 Å². The van der Waals surface area contributed by atoms with E-state index in [2.05, 4.69) is 0 Å². The van der Waals surface area contributed by atoms with Gasteiger partial charge in [-0.15, -0.1) is 0 Å². The van der Waals surface area contributed by atoms with Crippen LogP contribution in [0.2, 0.25) is 0 Å². The zero-order chi connectivity index (χ0) is 18.0. The van der Waals surface area contributed by atoms with Crippen molar-refractivity contribution in [1.29, 1.82) is 0 Å². The van der Waals surface area contributed by atoms with Gasteiger partial charge in [0.2, 0.25) is 5.91 Å². The van der Waals surface area contributed by atoms with Crippen molar-refractivity contribution in [2.75, 3.05) is 11.9 Å². The molecule has 0 aromatic heterocycles. The number of nitrogens with zero attached hydrogens (tertiary/aromatic N) is 1. The summed E-state index contributed by atoms with van der Waals surface area (Å²) in [6.45, 7) is 2.17. The van der Waals surface area contributed by atoms with E-state index in [9.17, 15) is 14.4 Å². The molecular formula is C20H21N2O3+. The summed E-state index contributed by atoms with van der Waals surface area (Å²) in [5.41, 5.74) is 2.21. The molecule has 2 amide bonds. The Morgan fingerprint density at radius 2 is 1.72 bits per heavy atom. The zero-order valence-corrected chi connectivity index (χ0v) is 14.4. The van der Waals surface area contributed by atoms with E-state index in [0.717, 1.165) is 10.5 Å². The second-order valence-electron chi connectivity index (χ2n) is 6.44. The fraction of sp³-hybridized carbons (Fsp3) is 0.250. The zero-order valence-electron chi connectivity index (χ0n) is 14.4. The number of imide groups is 1. The maximum absolute atomic E-state index is 12.8. The first-order valence-corrected chi connectivity index (χ1v) is 8.31. The third kappa shape index (κ3) is 3.51. The summed E-state index contributed by atoms with van der Waals surface area (Å²) < 4.78 is 0. The van der Waals surface area contributed by atoms with Gasteiger partial charge in [-0.05, 0) is 31.2 Å². The van der Waals surface area contributed by atoms with E-state index < -0.39 is 0 Å². The summed E-state index contributed by atoms with van der Waals surface area (Å²) in [5, 5.41) is 0. The van der Waals surface area contributed by atoms with E-state index in [-0.39, 0.29) is 30.1 Å². The Bertz CT molecular complexity index is 799. The normalized spacial score (nSPS) is 18.5. The van der Waals surface area contributed by atoms with Crippen LogP contribution in [-0.2, 0) is 16.1 Å². The monoisotopic (exact) mass is 337 g/mol. The average molecular weight is 337 g/mol. The number of benzene rings is 2. The number of ketones is 1. The van der Waals surface area contributed by atoms with Gasteiger partial charge in [-0.25, -0.2) is 4.90 Å². The first-order chi connectivity index (χ1) is 12.0. The van der Waals surface area contributed by atoms with E-state index >= 15 is 0 Å². The Morgan fingerprint density at radius 1 is 1.08 bits per heavy atom. The molecule has 2 aromatic carbocycles. The molecule has 2 aromatic rings.